The smallest absolute Gasteiger partial charge is 0.493 e. The van der Waals surface area contributed by atoms with E-state index in [2.05, 4.69) is 75.4 Å². The van der Waals surface area contributed by atoms with Gasteiger partial charge in [0.05, 0.1) is 0 Å². The van der Waals surface area contributed by atoms with Crippen molar-refractivity contribution in [2.45, 2.75) is 91.4 Å². The van der Waals surface area contributed by atoms with Crippen LogP contribution in [0.25, 0.3) is 16.9 Å². The molecule has 194 valence electrons. The van der Waals surface area contributed by atoms with Crippen molar-refractivity contribution in [3.05, 3.63) is 103 Å². The van der Waals surface area contributed by atoms with Crippen LogP contribution in [0.2, 0.25) is 0 Å². The zero-order chi connectivity index (χ0) is 22.8. The third-order valence-corrected chi connectivity index (χ3v) is 6.42. The van der Waals surface area contributed by atoms with Gasteiger partial charge in [0.15, 0.2) is 0 Å². The first-order chi connectivity index (χ1) is 15.7. The summed E-state index contributed by atoms with van der Waals surface area (Å²) in [6.07, 6.45) is 15.1. The summed E-state index contributed by atoms with van der Waals surface area (Å²) < 4.78 is 1.45. The van der Waals surface area contributed by atoms with Crippen molar-refractivity contribution in [2.24, 2.45) is 0 Å². The van der Waals surface area contributed by atoms with E-state index in [1.807, 2.05) is 0 Å². The Morgan fingerprint density at radius 1 is 0.657 bits per heavy atom. The van der Waals surface area contributed by atoms with E-state index >= 15 is 0 Å². The third-order valence-electron chi connectivity index (χ3n) is 6.42. The number of hydrogen-bond donors (Lipinski definition) is 0. The molecule has 0 saturated carbocycles. The van der Waals surface area contributed by atoms with Gasteiger partial charge in [0, 0.05) is 22.8 Å². The monoisotopic (exact) mass is 516 g/mol. The molecule has 1 aliphatic rings. The molecule has 1 heterocycles. The number of unbranched alkanes of at least 4 members (excludes halogenated alkanes) is 5. The van der Waals surface area contributed by atoms with Crippen LogP contribution >= 0.6 is 0 Å². The molecular weight excluding hydrogens is 471 g/mol. The average molecular weight is 517 g/mol. The summed E-state index contributed by atoms with van der Waals surface area (Å²) in [6.45, 7) is 6.72. The molecule has 0 radical (unpaired) electrons. The number of rotatable bonds is 13. The van der Waals surface area contributed by atoms with E-state index in [0.29, 0.717) is 0 Å². The van der Waals surface area contributed by atoms with Gasteiger partial charge in [-0.2, -0.15) is 0 Å². The Bertz CT molecular complexity index is 971. The fraction of sp³-hybridized carbons (Fsp3) is 0.438. The van der Waals surface area contributed by atoms with E-state index in [1.165, 1.54) is 66.3 Å². The molecule has 2 aromatic carbocycles. The molecule has 2 aromatic rings. The van der Waals surface area contributed by atoms with E-state index < -0.39 is 0 Å². The number of allylic oxidation sites excluding steroid dienone is 2. The van der Waals surface area contributed by atoms with Crippen LogP contribution in [0.1, 0.15) is 101 Å². The zero-order valence-corrected chi connectivity index (χ0v) is 23.7. The van der Waals surface area contributed by atoms with Crippen molar-refractivity contribution in [1.82, 2.24) is 0 Å². The standard InChI is InChI=1S/C30H40N2.2CH3.Ni/c1-4-7-10-11-18-28-23-29(26-19-12-16-24(21-26)14-8-5-2)32(31)30(28)27-20-13-17-25(22-27)15-9-6-3;;;/h12-13,16-17,19-23H,4-11,14-15,18H2,1-3H3;2*1H3;/q;2*-1;+2. The largest absolute Gasteiger partial charge is 2.00 e. The second-order valence-corrected chi connectivity index (χ2v) is 9.13. The van der Waals surface area contributed by atoms with E-state index in [1.54, 1.807) is 0 Å². The van der Waals surface area contributed by atoms with Gasteiger partial charge in [-0.1, -0.05) is 77.1 Å². The molecule has 1 aliphatic heterocycles. The van der Waals surface area contributed by atoms with Crippen LogP contribution < -0.4 is 0 Å². The predicted molar refractivity (Wildman–Crippen MR) is 150 cm³/mol. The molecular formula is C32H46N2Ni. The molecule has 0 aromatic heterocycles. The van der Waals surface area contributed by atoms with Gasteiger partial charge in [-0.3, -0.25) is 0 Å². The van der Waals surface area contributed by atoms with Crippen LogP contribution in [0.5, 0.6) is 0 Å². The van der Waals surface area contributed by atoms with Gasteiger partial charge < -0.3 is 20.4 Å². The fourth-order valence-corrected chi connectivity index (χ4v) is 4.52. The topological polar surface area (TPSA) is 25.3 Å². The van der Waals surface area contributed by atoms with Crippen LogP contribution in [-0.4, -0.2) is 4.70 Å². The molecule has 0 unspecified atom stereocenters. The van der Waals surface area contributed by atoms with Crippen molar-refractivity contribution < 1.29 is 21.2 Å². The van der Waals surface area contributed by atoms with Gasteiger partial charge >= 0.3 is 16.5 Å². The van der Waals surface area contributed by atoms with Crippen molar-refractivity contribution in [2.75, 3.05) is 0 Å². The molecule has 0 fully saturated rings. The number of nitrogens with zero attached hydrogens (tertiary/aromatic N) is 2. The van der Waals surface area contributed by atoms with Crippen molar-refractivity contribution in [3.8, 4) is 0 Å². The molecule has 0 aliphatic carbocycles. The summed E-state index contributed by atoms with van der Waals surface area (Å²) in [6, 6.07) is 17.5. The Morgan fingerprint density at radius 3 is 1.77 bits per heavy atom. The molecule has 3 rings (SSSR count). The van der Waals surface area contributed by atoms with Crippen LogP contribution in [0.3, 0.4) is 0 Å². The predicted octanol–water partition coefficient (Wildman–Crippen LogP) is 10.0. The van der Waals surface area contributed by atoms with Crippen molar-refractivity contribution in [1.29, 1.82) is 0 Å². The average Bonchev–Trinajstić information content (AvgIpc) is 3.15. The molecule has 0 amide bonds. The summed E-state index contributed by atoms with van der Waals surface area (Å²) in [5, 5.41) is 0. The van der Waals surface area contributed by atoms with Gasteiger partial charge in [0.1, 0.15) is 0 Å². The van der Waals surface area contributed by atoms with Gasteiger partial charge in [-0.25, -0.2) is 4.70 Å². The van der Waals surface area contributed by atoms with Gasteiger partial charge in [0.25, 0.3) is 0 Å². The van der Waals surface area contributed by atoms with Crippen LogP contribution in [0.15, 0.2) is 60.2 Å². The summed E-state index contributed by atoms with van der Waals surface area (Å²) in [5.74, 6) is 0. The minimum Gasteiger partial charge on any atom is -0.493 e. The molecule has 0 saturated heterocycles. The Kier molecular flexibility index (Phi) is 16.5. The minimum atomic E-state index is 0. The molecule has 0 bridgehead atoms. The number of benzene rings is 2. The first-order valence-corrected chi connectivity index (χ1v) is 12.8. The molecule has 0 spiro atoms. The minimum absolute atomic E-state index is 0. The Labute approximate surface area is 226 Å². The van der Waals surface area contributed by atoms with Gasteiger partial charge in [0.2, 0.25) is 11.4 Å². The molecule has 0 N–H and O–H groups in total. The Balaban J connectivity index is 0.00000385. The summed E-state index contributed by atoms with van der Waals surface area (Å²) in [4.78, 5) is 0. The normalized spacial score (nSPS) is 12.5. The number of aryl methyl sites for hydroxylation is 2. The zero-order valence-electron chi connectivity index (χ0n) is 22.7. The fourth-order valence-electron chi connectivity index (χ4n) is 4.52. The van der Waals surface area contributed by atoms with Gasteiger partial charge in [-0.05, 0) is 73.9 Å². The first-order valence-electron chi connectivity index (χ1n) is 12.8. The maximum atomic E-state index is 11.4. The van der Waals surface area contributed by atoms with E-state index in [0.717, 1.165) is 48.2 Å². The van der Waals surface area contributed by atoms with E-state index in [4.69, 9.17) is 0 Å². The number of hydrogen-bond acceptors (Lipinski definition) is 0. The van der Waals surface area contributed by atoms with Crippen LogP contribution in [-0.2, 0) is 29.3 Å². The van der Waals surface area contributed by atoms with E-state index in [9.17, 15) is 5.53 Å². The Hall–Kier alpha value is -1.99. The maximum Gasteiger partial charge on any atom is 2.00 e. The second kappa shape index (κ2) is 17.4. The Morgan fingerprint density at radius 2 is 1.20 bits per heavy atom. The first kappa shape index (κ1) is 33.0. The van der Waals surface area contributed by atoms with Crippen molar-refractivity contribution in [3.63, 3.8) is 0 Å². The van der Waals surface area contributed by atoms with Crippen LogP contribution in [0.4, 0.5) is 0 Å². The SMILES string of the molecule is CCCCCCC1=C(c2cccc(CCCC)c2)[N+](=[N-])C(c2cccc(CCCC)c2)=C1.[CH3-].[CH3-].[Ni+2]. The maximum absolute atomic E-state index is 11.4. The summed E-state index contributed by atoms with van der Waals surface area (Å²) in [5.41, 5.74) is 19.4. The summed E-state index contributed by atoms with van der Waals surface area (Å²) >= 11 is 0. The summed E-state index contributed by atoms with van der Waals surface area (Å²) in [7, 11) is 0. The quantitative estimate of drug-likeness (QED) is 0.109. The van der Waals surface area contributed by atoms with Gasteiger partial charge in [-0.15, -0.1) is 0 Å². The second-order valence-electron chi connectivity index (χ2n) is 9.13. The van der Waals surface area contributed by atoms with Crippen molar-refractivity contribution >= 4 is 11.4 Å². The van der Waals surface area contributed by atoms with Crippen LogP contribution in [0, 0.1) is 14.9 Å². The molecule has 0 atom stereocenters. The van der Waals surface area contributed by atoms with E-state index in [-0.39, 0.29) is 31.3 Å². The molecule has 2 nitrogen and oxygen atoms in total. The molecule has 35 heavy (non-hydrogen) atoms. The molecule has 3 heteroatoms. The third kappa shape index (κ3) is 9.19.